The first-order valence-corrected chi connectivity index (χ1v) is 38.8. The maximum absolute atomic E-state index is 10.5. The molecule has 0 fully saturated rings. The molecule has 20 heteroatoms. The highest BCUT2D eigenvalue weighted by Gasteiger charge is 2.15. The van der Waals surface area contributed by atoms with E-state index in [0.717, 1.165) is 46.0 Å². The molecule has 5 atom stereocenters. The van der Waals surface area contributed by atoms with Crippen molar-refractivity contribution >= 4 is 0 Å². The van der Waals surface area contributed by atoms with Crippen LogP contribution in [0.15, 0.2) is 212 Å². The zero-order chi connectivity index (χ0) is 130. The van der Waals surface area contributed by atoms with Crippen LogP contribution >= 0.6 is 0 Å². The molecule has 0 aliphatic heterocycles. The first kappa shape index (κ1) is 54.1. The number of hydrogen-bond donors (Lipinski definition) is 5. The van der Waals surface area contributed by atoms with Gasteiger partial charge < -0.3 is 96.6 Å². The highest BCUT2D eigenvalue weighted by Crippen LogP contribution is 2.34. The largest absolute Gasteiger partial charge is 0.493 e. The van der Waals surface area contributed by atoms with Crippen molar-refractivity contribution < 1.29 is 158 Å². The summed E-state index contributed by atoms with van der Waals surface area (Å²) in [4.78, 5) is 0. The molecule has 10 aromatic rings. The maximum Gasteiger partial charge on any atom is 0.160 e. The molecule has 20 nitrogen and oxygen atoms in total. The van der Waals surface area contributed by atoms with Gasteiger partial charge in [0.2, 0.25) is 0 Å². The van der Waals surface area contributed by atoms with Crippen LogP contribution in [-0.2, 0) is 32.0 Å². The third-order valence-corrected chi connectivity index (χ3v) is 16.8. The predicted octanol–water partition coefficient (Wildman–Crippen LogP) is 20.8. The fraction of sp³-hybridized carbons (Fsp3) is 0.429. The summed E-state index contributed by atoms with van der Waals surface area (Å²) in [5.74, 6) is 0.358. The van der Waals surface area contributed by atoms with Gasteiger partial charge in [0.1, 0.15) is 61.5 Å². The van der Waals surface area contributed by atoms with Crippen LogP contribution in [0.1, 0.15) is 213 Å². The smallest absolute Gasteiger partial charge is 0.160 e. The first-order chi connectivity index (χ1) is 77.2. The number of benzene rings is 10. The van der Waals surface area contributed by atoms with E-state index in [0.29, 0.717) is 28.2 Å². The Bertz CT molecular complexity index is 6710. The molecule has 125 heavy (non-hydrogen) atoms. The van der Waals surface area contributed by atoms with Gasteiger partial charge >= 0.3 is 0 Å². The molecule has 0 heterocycles. The van der Waals surface area contributed by atoms with Crippen molar-refractivity contribution in [3.63, 3.8) is 0 Å². The van der Waals surface area contributed by atoms with E-state index in [4.69, 9.17) is 133 Å². The fourth-order valence-electron chi connectivity index (χ4n) is 10.6. The molecule has 0 saturated heterocycles. The van der Waals surface area contributed by atoms with Crippen LogP contribution in [0.3, 0.4) is 0 Å². The topological polar surface area (TPSA) is 240 Å². The average molecular weight is 1770 g/mol. The summed E-state index contributed by atoms with van der Waals surface area (Å²) >= 11 is 0. The van der Waals surface area contributed by atoms with Crippen LogP contribution in [-0.4, -0.2) is 160 Å². The normalized spacial score (nSPS) is 19.4. The minimum absolute atomic E-state index is 0.0107. The summed E-state index contributed by atoms with van der Waals surface area (Å²) in [5, 5.41) is 52.3. The van der Waals surface area contributed by atoms with Gasteiger partial charge in [-0.1, -0.05) is 123 Å². The second-order valence-corrected chi connectivity index (χ2v) is 26.6. The Morgan fingerprint density at radius 2 is 0.448 bits per heavy atom. The molecule has 0 amide bonds. The summed E-state index contributed by atoms with van der Waals surface area (Å²) in [6, 6.07) is 52.1. The Morgan fingerprint density at radius 1 is 0.240 bits per heavy atom. The van der Waals surface area contributed by atoms with Crippen molar-refractivity contribution in [3.05, 3.63) is 268 Å². The van der Waals surface area contributed by atoms with Crippen molar-refractivity contribution in [2.75, 3.05) is 104 Å². The third-order valence-electron chi connectivity index (χ3n) is 16.8. The van der Waals surface area contributed by atoms with Crippen LogP contribution in [0.4, 0.5) is 0 Å². The summed E-state index contributed by atoms with van der Waals surface area (Å²) in [5.41, 5.74) is 5.06. The van der Waals surface area contributed by atoms with Gasteiger partial charge in [0.05, 0.1) is 136 Å². The zero-order valence-electron chi connectivity index (χ0n) is 116. The highest BCUT2D eigenvalue weighted by molar-refractivity contribution is 5.47. The zero-order valence-corrected chi connectivity index (χ0v) is 71.0. The van der Waals surface area contributed by atoms with Crippen LogP contribution in [0.2, 0.25) is 0 Å². The van der Waals surface area contributed by atoms with Gasteiger partial charge in [0.15, 0.2) is 57.5 Å². The second kappa shape index (κ2) is 59.8. The molecule has 0 bridgehead atoms. The molecule has 10 aromatic carbocycles. The number of ether oxygens (including phenoxy) is 15. The van der Waals surface area contributed by atoms with E-state index in [1.807, 2.05) is 0 Å². The van der Waals surface area contributed by atoms with Crippen molar-refractivity contribution in [2.45, 2.75) is 193 Å². The van der Waals surface area contributed by atoms with E-state index in [-0.39, 0.29) is 93.6 Å². The van der Waals surface area contributed by atoms with E-state index in [1.54, 1.807) is 126 Å². The van der Waals surface area contributed by atoms with Gasteiger partial charge in [-0.05, 0) is 307 Å². The van der Waals surface area contributed by atoms with E-state index >= 15 is 0 Å². The van der Waals surface area contributed by atoms with Crippen LogP contribution in [0.25, 0.3) is 0 Å². The van der Waals surface area contributed by atoms with Crippen molar-refractivity contribution in [2.24, 2.45) is 0 Å². The molecule has 10 rings (SSSR count). The predicted molar refractivity (Wildman–Crippen MR) is 499 cm³/mol. The molecular formula is C105H140O20. The van der Waals surface area contributed by atoms with Gasteiger partial charge in [-0.3, -0.25) is 0 Å². The van der Waals surface area contributed by atoms with Gasteiger partial charge in [0.25, 0.3) is 0 Å². The van der Waals surface area contributed by atoms with E-state index < -0.39 is 219 Å². The third kappa shape index (κ3) is 41.1. The molecular weight excluding hydrogens is 1580 g/mol. The Balaban J connectivity index is 0.000000322. The molecule has 680 valence electrons. The average Bonchev–Trinajstić information content (AvgIpc) is 0.797. The van der Waals surface area contributed by atoms with Crippen molar-refractivity contribution in [3.8, 4) is 86.2 Å². The minimum Gasteiger partial charge on any atom is -0.493 e. The number of aliphatic hydroxyl groups excluding tert-OH is 5. The number of aliphatic hydroxyl groups is 5. The van der Waals surface area contributed by atoms with Crippen molar-refractivity contribution in [1.82, 2.24) is 0 Å². The number of methoxy groups -OCH3 is 10. The molecule has 0 aliphatic rings. The Labute approximate surface area is 807 Å². The lowest BCUT2D eigenvalue weighted by Gasteiger charge is -2.13. The Kier molecular flexibility index (Phi) is 25.9. The number of rotatable bonds is 50. The monoisotopic (exact) mass is 1770 g/mol. The highest BCUT2D eigenvalue weighted by atomic mass is 16.5. The van der Waals surface area contributed by atoms with Crippen LogP contribution in [0.5, 0.6) is 86.2 Å². The summed E-state index contributed by atoms with van der Waals surface area (Å²) in [6.07, 6.45) is -40.9. The quantitative estimate of drug-likeness (QED) is 0.0238. The lowest BCUT2D eigenvalue weighted by atomic mass is 10.0. The maximum atomic E-state index is 10.5. The molecule has 5 unspecified atom stereocenters. The molecule has 0 aromatic heterocycles. The number of hydrogen-bond acceptors (Lipinski definition) is 20. The second-order valence-electron chi connectivity index (χ2n) is 26.6. The molecule has 0 spiro atoms. The Hall–Kier alpha value is -11.0. The summed E-state index contributed by atoms with van der Waals surface area (Å²) in [6.45, 7) is -5.21. The molecule has 0 radical (unpaired) electrons. The van der Waals surface area contributed by atoms with Crippen molar-refractivity contribution in [1.29, 1.82) is 0 Å². The van der Waals surface area contributed by atoms with Gasteiger partial charge in [-0.2, -0.15) is 0 Å². The lowest BCUT2D eigenvalue weighted by Crippen LogP contribution is -2.17. The lowest BCUT2D eigenvalue weighted by molar-refractivity contribution is 0.0976. The van der Waals surface area contributed by atoms with Crippen LogP contribution < -0.4 is 71.1 Å². The minimum atomic E-state index is -3.00. The fourth-order valence-corrected chi connectivity index (χ4v) is 10.6. The molecule has 5 N–H and O–H groups in total. The van der Waals surface area contributed by atoms with E-state index in [1.165, 1.54) is 139 Å². The van der Waals surface area contributed by atoms with Gasteiger partial charge in [-0.25, -0.2) is 0 Å². The van der Waals surface area contributed by atoms with Gasteiger partial charge in [-0.15, -0.1) is 0 Å². The van der Waals surface area contributed by atoms with Crippen LogP contribution in [0, 0.1) is 34.6 Å². The SMILES string of the molecule is [2H]C([2H])(Cc1ccc(OC([2H])([2H])[2H])c(OC)c1)CC([2H])([2H])C(O)C([2H])([2H])Oc1cccc(C)c1.[2H]C([2H])(Cc1ccc(OC)c(OC([2H])([2H])[2H])c1)CC([2H])([2H])C(O)C([2H])([2H])Oc1cccc(C)c1.[2H]C([2H])(Cc1ccc(OC)c(OC)c1)CC([2H])([2H])C(O)C([2H])([2H])Oc1cccc(C)c1.[2H]C([2H])([2H])Oc1ccc(C([2H])([2H])CCC([2H])([2H])C(O)C([2H])([2H])Oc2cccc(C)c2)cc1OC.[2H]C([2H])([2H])Oc1ccc(C([2H])([2H])CCC([2H])([2H])C(O)C([2H])([2H])Oc2cccc(C)c2)cc1OC([2H])([2H])[2H]. The van der Waals surface area contributed by atoms with E-state index in [2.05, 4.69) is 0 Å². The number of aryl methyl sites for hydroxylation is 10. The van der Waals surface area contributed by atoms with Gasteiger partial charge in [0, 0.05) is 27.4 Å². The summed E-state index contributed by atoms with van der Waals surface area (Å²) in [7, 11) is -7.27. The summed E-state index contributed by atoms with van der Waals surface area (Å²) < 4.78 is 429. The Morgan fingerprint density at radius 3 is 0.680 bits per heavy atom. The first-order valence-electron chi connectivity index (χ1n) is 61.3. The molecule has 0 aliphatic carbocycles. The standard InChI is InChI=1S/5C21H28O4/c5*1-16-7-6-10-19(13-16)25-15-18(22)9-5-4-8-17-11-12-20(23-2)21(14-17)24-3/h5*6-7,10-14,18,22H,4-5,8-9,15H2,1-3H3/i2D3,3D3,8D2,9D2,15D2;3D3,4D2,9D2,15D2;2D3,8D2,9D2,15D2;2D3,4D2,9D2,15D2;4D2,9D2,15D2. The van der Waals surface area contributed by atoms with E-state index in [9.17, 15) is 25.5 Å². The molecule has 0 saturated carbocycles.